The number of amides is 1. The van der Waals surface area contributed by atoms with Crippen molar-refractivity contribution in [3.8, 4) is 0 Å². The van der Waals surface area contributed by atoms with Gasteiger partial charge in [0.2, 0.25) is 5.91 Å². The Morgan fingerprint density at radius 2 is 0.843 bits per heavy atom. The summed E-state index contributed by atoms with van der Waals surface area (Å²) >= 11 is 0. The van der Waals surface area contributed by atoms with Crippen molar-refractivity contribution in [3.05, 3.63) is 0 Å². The van der Waals surface area contributed by atoms with Gasteiger partial charge in [-0.15, -0.1) is 0 Å². The second-order valence-corrected chi connectivity index (χ2v) is 12.0. The minimum absolute atomic E-state index is 0.217. The molecule has 0 saturated carbocycles. The fourth-order valence-electron chi connectivity index (χ4n) is 5.04. The molecule has 0 aliphatic rings. The van der Waals surface area contributed by atoms with Crippen molar-refractivity contribution in [2.45, 2.75) is 84.0 Å². The van der Waals surface area contributed by atoms with Gasteiger partial charge < -0.3 is 58.2 Å². The van der Waals surface area contributed by atoms with Crippen LogP contribution in [0.5, 0.6) is 0 Å². The third kappa shape index (κ3) is 31.3. The van der Waals surface area contributed by atoms with E-state index in [4.69, 9.17) is 47.7 Å². The third-order valence-electron chi connectivity index (χ3n) is 7.83. The molecule has 0 aromatic heterocycles. The molecule has 15 nitrogen and oxygen atoms in total. The van der Waals surface area contributed by atoms with E-state index in [0.717, 1.165) is 38.5 Å². The highest BCUT2D eigenvalue weighted by atomic mass is 16.6. The maximum atomic E-state index is 13.0. The first-order valence-corrected chi connectivity index (χ1v) is 18.7. The van der Waals surface area contributed by atoms with Gasteiger partial charge in [-0.25, -0.2) is 0 Å². The Bertz CT molecular complexity index is 806. The van der Waals surface area contributed by atoms with Gasteiger partial charge in [0.1, 0.15) is 5.41 Å². The quantitative estimate of drug-likeness (QED) is 0.0607. The molecule has 1 amide bonds. The third-order valence-corrected chi connectivity index (χ3v) is 7.83. The predicted octanol–water partition coefficient (Wildman–Crippen LogP) is 3.74. The Labute approximate surface area is 305 Å². The molecule has 0 aliphatic carbocycles. The molecule has 0 radical (unpaired) electrons. The predicted molar refractivity (Wildman–Crippen MR) is 190 cm³/mol. The number of carbonyl (C=O) groups is 3. The van der Waals surface area contributed by atoms with E-state index in [2.05, 4.69) is 5.32 Å². The highest BCUT2D eigenvalue weighted by Gasteiger charge is 2.44. The van der Waals surface area contributed by atoms with Gasteiger partial charge in [-0.1, -0.05) is 58.3 Å². The molecular weight excluding hydrogens is 670 g/mol. The minimum atomic E-state index is -1.43. The summed E-state index contributed by atoms with van der Waals surface area (Å²) in [5.74, 6) is -2.29. The monoisotopic (exact) mass is 739 g/mol. The van der Waals surface area contributed by atoms with Crippen molar-refractivity contribution in [2.24, 2.45) is 5.41 Å². The zero-order valence-corrected chi connectivity index (χ0v) is 31.5. The molecule has 51 heavy (non-hydrogen) atoms. The van der Waals surface area contributed by atoms with E-state index in [1.165, 1.54) is 0 Å². The van der Waals surface area contributed by atoms with Crippen molar-refractivity contribution < 1.29 is 67.2 Å². The number of ether oxygens (including phenoxy) is 9. The average Bonchev–Trinajstić information content (AvgIpc) is 3.11. The molecule has 0 bridgehead atoms. The van der Waals surface area contributed by atoms with Crippen LogP contribution in [0.25, 0.3) is 0 Å². The molecule has 0 aromatic rings. The molecule has 0 rings (SSSR count). The van der Waals surface area contributed by atoms with Crippen molar-refractivity contribution in [1.29, 1.82) is 0 Å². The fraction of sp³-hybridized carbons (Fsp3) is 0.917. The second-order valence-electron chi connectivity index (χ2n) is 12.0. The Balaban J connectivity index is 3.66. The largest absolute Gasteiger partial charge is 0.481 e. The topological polar surface area (TPSA) is 187 Å². The number of nitrogens with one attached hydrogen (secondary N) is 1. The van der Waals surface area contributed by atoms with E-state index in [9.17, 15) is 19.5 Å². The lowest BCUT2D eigenvalue weighted by atomic mass is 9.77. The smallest absolute Gasteiger partial charge is 0.319 e. The number of carboxylic acids is 2. The lowest BCUT2D eigenvalue weighted by Crippen LogP contribution is -2.47. The van der Waals surface area contributed by atoms with Crippen LogP contribution < -0.4 is 5.32 Å². The number of rotatable bonds is 42. The van der Waals surface area contributed by atoms with Crippen molar-refractivity contribution >= 4 is 17.8 Å². The molecule has 1 unspecified atom stereocenters. The van der Waals surface area contributed by atoms with E-state index in [0.29, 0.717) is 131 Å². The maximum Gasteiger partial charge on any atom is 0.319 e. The maximum absolute atomic E-state index is 13.0. The van der Waals surface area contributed by atoms with E-state index in [1.54, 1.807) is 7.11 Å². The molecule has 0 fully saturated rings. The number of hydrogen-bond donors (Lipinski definition) is 3. The van der Waals surface area contributed by atoms with Crippen LogP contribution >= 0.6 is 0 Å². The summed E-state index contributed by atoms with van der Waals surface area (Å²) in [6.07, 6.45) is 8.59. The van der Waals surface area contributed by atoms with E-state index in [1.807, 2.05) is 6.92 Å². The van der Waals surface area contributed by atoms with Crippen LogP contribution in [0, 0.1) is 5.41 Å². The van der Waals surface area contributed by atoms with Gasteiger partial charge in [0.05, 0.1) is 112 Å². The molecule has 0 aromatic carbocycles. The van der Waals surface area contributed by atoms with Crippen LogP contribution in [0.1, 0.15) is 84.0 Å². The molecule has 0 aliphatic heterocycles. The first-order chi connectivity index (χ1) is 24.9. The Morgan fingerprint density at radius 1 is 0.490 bits per heavy atom. The number of hydrogen-bond acceptors (Lipinski definition) is 12. The van der Waals surface area contributed by atoms with Crippen LogP contribution in [-0.2, 0) is 57.0 Å². The Morgan fingerprint density at radius 3 is 1.20 bits per heavy atom. The lowest BCUT2D eigenvalue weighted by molar-refractivity contribution is -0.157. The SMILES string of the molecule is CCCC(CCCCCCCCCCC(=O)O)(C(=O)O)C(=O)NCCOCCOCCOCCOCCOCCOCCOCCOCCOC. The molecule has 15 heteroatoms. The summed E-state index contributed by atoms with van der Waals surface area (Å²) in [6, 6.07) is 0. The normalized spacial score (nSPS) is 12.6. The zero-order valence-electron chi connectivity index (χ0n) is 31.5. The summed E-state index contributed by atoms with van der Waals surface area (Å²) in [5.41, 5.74) is -1.43. The van der Waals surface area contributed by atoms with Gasteiger partial charge in [0, 0.05) is 20.1 Å². The van der Waals surface area contributed by atoms with Crippen LogP contribution in [0.2, 0.25) is 0 Å². The summed E-state index contributed by atoms with van der Waals surface area (Å²) in [6.45, 7) is 10.0. The van der Waals surface area contributed by atoms with Crippen LogP contribution in [0.3, 0.4) is 0 Å². The summed E-state index contributed by atoms with van der Waals surface area (Å²) in [4.78, 5) is 35.8. The number of aliphatic carboxylic acids is 2. The van der Waals surface area contributed by atoms with Gasteiger partial charge in [-0.2, -0.15) is 0 Å². The van der Waals surface area contributed by atoms with Crippen molar-refractivity contribution in [1.82, 2.24) is 5.32 Å². The number of methoxy groups -OCH3 is 1. The zero-order chi connectivity index (χ0) is 37.5. The Kier molecular flexibility index (Phi) is 36.4. The Hall–Kier alpha value is -1.95. The first-order valence-electron chi connectivity index (χ1n) is 18.7. The lowest BCUT2D eigenvalue weighted by Gasteiger charge is -2.28. The highest BCUT2D eigenvalue weighted by molar-refractivity contribution is 6.01. The van der Waals surface area contributed by atoms with Gasteiger partial charge >= 0.3 is 11.9 Å². The molecule has 0 spiro atoms. The van der Waals surface area contributed by atoms with E-state index in [-0.39, 0.29) is 26.0 Å². The van der Waals surface area contributed by atoms with E-state index < -0.39 is 23.3 Å². The fourth-order valence-corrected chi connectivity index (χ4v) is 5.04. The number of unbranched alkanes of at least 4 members (excludes halogenated alkanes) is 7. The van der Waals surface area contributed by atoms with Crippen LogP contribution in [-0.4, -0.2) is 154 Å². The molecule has 1 atom stereocenters. The van der Waals surface area contributed by atoms with Crippen molar-refractivity contribution in [3.63, 3.8) is 0 Å². The summed E-state index contributed by atoms with van der Waals surface area (Å²) in [7, 11) is 1.64. The van der Waals surface area contributed by atoms with Gasteiger partial charge in [-0.3, -0.25) is 14.4 Å². The number of carboxylic acid groups (broad SMARTS) is 2. The minimum Gasteiger partial charge on any atom is -0.481 e. The van der Waals surface area contributed by atoms with Crippen molar-refractivity contribution in [2.75, 3.05) is 126 Å². The van der Waals surface area contributed by atoms with Gasteiger partial charge in [0.15, 0.2) is 0 Å². The standard InChI is InChI=1S/C36H69NO14/c1-3-13-36(35(41)42,14-11-9-7-5-4-6-8-10-12-33(38)39)34(40)37-15-16-44-19-20-46-23-24-48-27-28-50-31-32-51-30-29-49-26-25-47-22-21-45-18-17-43-2/h3-32H2,1-2H3,(H,37,40)(H,38,39)(H,41,42). The molecule has 3 N–H and O–H groups in total. The molecule has 0 saturated heterocycles. The number of carbonyl (C=O) groups excluding carboxylic acids is 1. The molecule has 302 valence electrons. The summed E-state index contributed by atoms with van der Waals surface area (Å²) < 4.78 is 48.5. The molecule has 0 heterocycles. The second kappa shape index (κ2) is 37.8. The van der Waals surface area contributed by atoms with Crippen LogP contribution in [0.15, 0.2) is 0 Å². The van der Waals surface area contributed by atoms with Gasteiger partial charge in [-0.05, 0) is 19.3 Å². The first kappa shape index (κ1) is 49.0. The summed E-state index contributed by atoms with van der Waals surface area (Å²) in [5, 5.41) is 21.5. The van der Waals surface area contributed by atoms with E-state index >= 15 is 0 Å². The average molecular weight is 740 g/mol. The molecular formula is C36H69NO14. The van der Waals surface area contributed by atoms with Gasteiger partial charge in [0.25, 0.3) is 0 Å². The van der Waals surface area contributed by atoms with Crippen LogP contribution in [0.4, 0.5) is 0 Å². The highest BCUT2D eigenvalue weighted by Crippen LogP contribution is 2.32.